The van der Waals surface area contributed by atoms with Crippen molar-refractivity contribution in [3.05, 3.63) is 53.9 Å². The fourth-order valence-electron chi connectivity index (χ4n) is 1.66. The summed E-state index contributed by atoms with van der Waals surface area (Å²) in [4.78, 5) is 4.09. The van der Waals surface area contributed by atoms with Crippen molar-refractivity contribution in [3.63, 3.8) is 0 Å². The standard InChI is InChI=1S/C15H16N4O2/c1-20-12-6-7-14(21-2)11(9-12)10-18-19-15(16)13-5-3-4-8-17-13/h3-10H,1-2H3,(H2,16,19)/b18-10+. The van der Waals surface area contributed by atoms with Crippen molar-refractivity contribution in [3.8, 4) is 11.5 Å². The maximum absolute atomic E-state index is 5.80. The van der Waals surface area contributed by atoms with E-state index in [0.717, 1.165) is 5.56 Å². The Hall–Kier alpha value is -2.89. The number of nitrogens with zero attached hydrogens (tertiary/aromatic N) is 3. The summed E-state index contributed by atoms with van der Waals surface area (Å²) in [6.07, 6.45) is 3.20. The van der Waals surface area contributed by atoms with Gasteiger partial charge in [-0.15, -0.1) is 5.10 Å². The lowest BCUT2D eigenvalue weighted by atomic mass is 10.2. The zero-order valence-electron chi connectivity index (χ0n) is 11.9. The Labute approximate surface area is 122 Å². The van der Waals surface area contributed by atoms with Gasteiger partial charge in [0.2, 0.25) is 0 Å². The molecule has 0 saturated carbocycles. The van der Waals surface area contributed by atoms with Crippen LogP contribution in [0.2, 0.25) is 0 Å². The molecule has 2 aromatic rings. The highest BCUT2D eigenvalue weighted by atomic mass is 16.5. The van der Waals surface area contributed by atoms with Gasteiger partial charge in [0.05, 0.1) is 20.4 Å². The number of benzene rings is 1. The van der Waals surface area contributed by atoms with E-state index in [4.69, 9.17) is 15.2 Å². The van der Waals surface area contributed by atoms with Crippen molar-refractivity contribution in [1.82, 2.24) is 4.98 Å². The number of aromatic nitrogens is 1. The highest BCUT2D eigenvalue weighted by molar-refractivity contribution is 5.96. The minimum atomic E-state index is 0.244. The normalized spacial score (nSPS) is 11.6. The largest absolute Gasteiger partial charge is 0.497 e. The van der Waals surface area contributed by atoms with Crippen LogP contribution in [0.15, 0.2) is 52.8 Å². The predicted molar refractivity (Wildman–Crippen MR) is 82.1 cm³/mol. The van der Waals surface area contributed by atoms with Gasteiger partial charge in [-0.05, 0) is 30.3 Å². The van der Waals surface area contributed by atoms with Crippen LogP contribution in [0, 0.1) is 0 Å². The first kappa shape index (κ1) is 14.5. The zero-order valence-corrected chi connectivity index (χ0v) is 11.9. The molecule has 0 amide bonds. The number of nitrogens with two attached hydrogens (primary N) is 1. The quantitative estimate of drug-likeness (QED) is 0.516. The fourth-order valence-corrected chi connectivity index (χ4v) is 1.66. The van der Waals surface area contributed by atoms with E-state index in [0.29, 0.717) is 17.2 Å². The molecule has 2 N–H and O–H groups in total. The van der Waals surface area contributed by atoms with Crippen LogP contribution in [0.5, 0.6) is 11.5 Å². The Morgan fingerprint density at radius 3 is 2.71 bits per heavy atom. The van der Waals surface area contributed by atoms with Crippen molar-refractivity contribution >= 4 is 12.1 Å². The van der Waals surface area contributed by atoms with E-state index < -0.39 is 0 Å². The lowest BCUT2D eigenvalue weighted by molar-refractivity contribution is 0.402. The molecule has 0 atom stereocenters. The zero-order chi connectivity index (χ0) is 15.1. The molecule has 1 aromatic carbocycles. The van der Waals surface area contributed by atoms with Gasteiger partial charge in [-0.25, -0.2) is 0 Å². The van der Waals surface area contributed by atoms with Crippen molar-refractivity contribution in [2.45, 2.75) is 0 Å². The lowest BCUT2D eigenvalue weighted by Crippen LogP contribution is -2.14. The Morgan fingerprint density at radius 2 is 2.05 bits per heavy atom. The summed E-state index contributed by atoms with van der Waals surface area (Å²) in [5.41, 5.74) is 7.12. The van der Waals surface area contributed by atoms with Crippen molar-refractivity contribution in [2.75, 3.05) is 14.2 Å². The Morgan fingerprint density at radius 1 is 1.19 bits per heavy atom. The molecular weight excluding hydrogens is 268 g/mol. The van der Waals surface area contributed by atoms with Gasteiger partial charge in [-0.1, -0.05) is 6.07 Å². The van der Waals surface area contributed by atoms with Gasteiger partial charge in [0, 0.05) is 11.8 Å². The van der Waals surface area contributed by atoms with Crippen molar-refractivity contribution < 1.29 is 9.47 Å². The number of ether oxygens (including phenoxy) is 2. The molecule has 0 spiro atoms. The highest BCUT2D eigenvalue weighted by Gasteiger charge is 2.02. The minimum Gasteiger partial charge on any atom is -0.497 e. The molecule has 6 nitrogen and oxygen atoms in total. The van der Waals surface area contributed by atoms with Gasteiger partial charge in [0.1, 0.15) is 17.2 Å². The van der Waals surface area contributed by atoms with Gasteiger partial charge in [-0.2, -0.15) is 5.10 Å². The van der Waals surface area contributed by atoms with Crippen molar-refractivity contribution in [1.29, 1.82) is 0 Å². The molecule has 0 aliphatic carbocycles. The summed E-state index contributed by atoms with van der Waals surface area (Å²) in [6.45, 7) is 0. The summed E-state index contributed by atoms with van der Waals surface area (Å²) in [5.74, 6) is 1.62. The number of amidine groups is 1. The van der Waals surface area contributed by atoms with E-state index in [-0.39, 0.29) is 5.84 Å². The first-order chi connectivity index (χ1) is 10.2. The second-order valence-corrected chi connectivity index (χ2v) is 4.05. The van der Waals surface area contributed by atoms with Gasteiger partial charge in [0.25, 0.3) is 0 Å². The van der Waals surface area contributed by atoms with Crippen LogP contribution in [0.4, 0.5) is 0 Å². The molecular formula is C15H16N4O2. The highest BCUT2D eigenvalue weighted by Crippen LogP contribution is 2.22. The summed E-state index contributed by atoms with van der Waals surface area (Å²) < 4.78 is 10.4. The van der Waals surface area contributed by atoms with E-state index in [9.17, 15) is 0 Å². The smallest absolute Gasteiger partial charge is 0.171 e. The maximum atomic E-state index is 5.80. The van der Waals surface area contributed by atoms with Crippen LogP contribution < -0.4 is 15.2 Å². The number of methoxy groups -OCH3 is 2. The van der Waals surface area contributed by atoms with E-state index >= 15 is 0 Å². The van der Waals surface area contributed by atoms with Gasteiger partial charge in [-0.3, -0.25) is 4.98 Å². The molecule has 0 unspecified atom stereocenters. The monoisotopic (exact) mass is 284 g/mol. The molecule has 2 rings (SSSR count). The average molecular weight is 284 g/mol. The molecule has 0 bridgehead atoms. The predicted octanol–water partition coefficient (Wildman–Crippen LogP) is 1.84. The van der Waals surface area contributed by atoms with Crippen LogP contribution in [0.1, 0.15) is 11.3 Å². The fraction of sp³-hybridized carbons (Fsp3) is 0.133. The molecule has 108 valence electrons. The molecule has 1 aromatic heterocycles. The third-order valence-corrected chi connectivity index (χ3v) is 2.73. The molecule has 21 heavy (non-hydrogen) atoms. The van der Waals surface area contributed by atoms with E-state index in [1.807, 2.05) is 12.1 Å². The number of hydrogen-bond acceptors (Lipinski definition) is 5. The first-order valence-corrected chi connectivity index (χ1v) is 6.24. The number of hydrogen-bond donors (Lipinski definition) is 1. The maximum Gasteiger partial charge on any atom is 0.171 e. The molecule has 0 aliphatic heterocycles. The van der Waals surface area contributed by atoms with Gasteiger partial charge < -0.3 is 15.2 Å². The van der Waals surface area contributed by atoms with Gasteiger partial charge in [0.15, 0.2) is 5.84 Å². The summed E-state index contributed by atoms with van der Waals surface area (Å²) in [6, 6.07) is 10.8. The van der Waals surface area contributed by atoms with Crippen LogP contribution in [0.3, 0.4) is 0 Å². The molecule has 0 radical (unpaired) electrons. The van der Waals surface area contributed by atoms with Gasteiger partial charge >= 0.3 is 0 Å². The summed E-state index contributed by atoms with van der Waals surface area (Å²) >= 11 is 0. The SMILES string of the molecule is COc1ccc(OC)c(/C=N/N=C(\N)c2ccccn2)c1. The molecule has 0 saturated heterocycles. The lowest BCUT2D eigenvalue weighted by Gasteiger charge is -2.06. The van der Waals surface area contributed by atoms with E-state index in [1.165, 1.54) is 0 Å². The van der Waals surface area contributed by atoms with E-state index in [2.05, 4.69) is 15.2 Å². The minimum absolute atomic E-state index is 0.244. The Balaban J connectivity index is 2.21. The number of pyridine rings is 1. The Kier molecular flexibility index (Phi) is 4.87. The van der Waals surface area contributed by atoms with Crippen LogP contribution in [-0.4, -0.2) is 31.3 Å². The van der Waals surface area contributed by atoms with Crippen LogP contribution in [0.25, 0.3) is 0 Å². The summed E-state index contributed by atoms with van der Waals surface area (Å²) in [7, 11) is 3.19. The first-order valence-electron chi connectivity index (χ1n) is 6.24. The van der Waals surface area contributed by atoms with Crippen LogP contribution >= 0.6 is 0 Å². The third-order valence-electron chi connectivity index (χ3n) is 2.73. The van der Waals surface area contributed by atoms with Crippen LogP contribution in [-0.2, 0) is 0 Å². The number of rotatable bonds is 5. The Bertz CT molecular complexity index is 654. The topological polar surface area (TPSA) is 82.1 Å². The average Bonchev–Trinajstić information content (AvgIpc) is 2.55. The molecule has 0 fully saturated rings. The summed E-state index contributed by atoms with van der Waals surface area (Å²) in [5, 5.41) is 7.89. The molecule has 6 heteroatoms. The van der Waals surface area contributed by atoms with E-state index in [1.54, 1.807) is 50.9 Å². The van der Waals surface area contributed by atoms with Crippen molar-refractivity contribution in [2.24, 2.45) is 15.9 Å². The second kappa shape index (κ2) is 7.04. The molecule has 1 heterocycles. The second-order valence-electron chi connectivity index (χ2n) is 4.05. The third kappa shape index (κ3) is 3.79. The molecule has 0 aliphatic rings.